The molecule has 0 aliphatic heterocycles. The second-order valence-corrected chi connectivity index (χ2v) is 6.89. The van der Waals surface area contributed by atoms with E-state index in [-0.39, 0.29) is 17.0 Å². The Morgan fingerprint density at radius 3 is 2.43 bits per heavy atom. The van der Waals surface area contributed by atoms with Crippen molar-refractivity contribution in [3.8, 4) is 0 Å². The first-order valence-corrected chi connectivity index (χ1v) is 8.19. The molecule has 1 atom stereocenters. The number of aliphatic hydroxyl groups is 1. The molecule has 0 aliphatic carbocycles. The number of benzene rings is 1. The van der Waals surface area contributed by atoms with E-state index in [1.54, 1.807) is 13.8 Å². The first-order chi connectivity index (χ1) is 9.63. The van der Waals surface area contributed by atoms with Gasteiger partial charge in [-0.1, -0.05) is 19.9 Å². The Labute approximate surface area is 124 Å². The molecule has 118 valence electrons. The Morgan fingerprint density at radius 2 is 1.95 bits per heavy atom. The van der Waals surface area contributed by atoms with Gasteiger partial charge in [-0.2, -0.15) is 0 Å². The SMILES string of the molecule is CCc1ccc(C(=O)O)cc1S(=O)(=O)NCC(C)(O)CC. The average Bonchev–Trinajstić information content (AvgIpc) is 2.44. The maximum absolute atomic E-state index is 12.3. The molecule has 0 amide bonds. The van der Waals surface area contributed by atoms with Crippen molar-refractivity contribution < 1.29 is 23.4 Å². The number of hydrogen-bond donors (Lipinski definition) is 3. The molecule has 1 aromatic carbocycles. The summed E-state index contributed by atoms with van der Waals surface area (Å²) in [6.07, 6.45) is 0.853. The minimum atomic E-state index is -3.88. The molecule has 3 N–H and O–H groups in total. The smallest absolute Gasteiger partial charge is 0.335 e. The number of hydrogen-bond acceptors (Lipinski definition) is 4. The number of nitrogens with one attached hydrogen (secondary N) is 1. The van der Waals surface area contributed by atoms with Crippen molar-refractivity contribution in [2.45, 2.75) is 44.1 Å². The molecule has 1 unspecified atom stereocenters. The molecule has 7 heteroatoms. The third-order valence-corrected chi connectivity index (χ3v) is 4.87. The van der Waals surface area contributed by atoms with Gasteiger partial charge in [-0.25, -0.2) is 17.9 Å². The zero-order valence-electron chi connectivity index (χ0n) is 12.4. The van der Waals surface area contributed by atoms with E-state index in [0.717, 1.165) is 6.07 Å². The molecule has 0 heterocycles. The van der Waals surface area contributed by atoms with E-state index >= 15 is 0 Å². The number of carboxylic acids is 1. The van der Waals surface area contributed by atoms with Gasteiger partial charge in [-0.15, -0.1) is 0 Å². The van der Waals surface area contributed by atoms with Gasteiger partial charge < -0.3 is 10.2 Å². The lowest BCUT2D eigenvalue weighted by atomic mass is 10.1. The van der Waals surface area contributed by atoms with Crippen molar-refractivity contribution in [3.63, 3.8) is 0 Å². The molecule has 1 aromatic rings. The normalized spacial score (nSPS) is 14.7. The van der Waals surface area contributed by atoms with Gasteiger partial charge in [-0.3, -0.25) is 0 Å². The Bertz CT molecular complexity index is 622. The summed E-state index contributed by atoms with van der Waals surface area (Å²) in [5.41, 5.74) is -0.706. The van der Waals surface area contributed by atoms with Gasteiger partial charge in [0.15, 0.2) is 0 Å². The molecule has 0 spiro atoms. The highest BCUT2D eigenvalue weighted by Gasteiger charge is 2.24. The molecule has 0 radical (unpaired) electrons. The van der Waals surface area contributed by atoms with E-state index in [0.29, 0.717) is 18.4 Å². The predicted octanol–water partition coefficient (Wildman–Crippen LogP) is 1.39. The van der Waals surface area contributed by atoms with Crippen molar-refractivity contribution in [2.24, 2.45) is 0 Å². The van der Waals surface area contributed by atoms with Crippen LogP contribution < -0.4 is 4.72 Å². The van der Waals surface area contributed by atoms with Gasteiger partial charge in [0.1, 0.15) is 0 Å². The number of carbonyl (C=O) groups is 1. The van der Waals surface area contributed by atoms with Crippen molar-refractivity contribution in [3.05, 3.63) is 29.3 Å². The van der Waals surface area contributed by atoms with Gasteiger partial charge in [0.05, 0.1) is 16.1 Å². The van der Waals surface area contributed by atoms with E-state index in [2.05, 4.69) is 4.72 Å². The van der Waals surface area contributed by atoms with Crippen LogP contribution in [0.25, 0.3) is 0 Å². The van der Waals surface area contributed by atoms with Crippen LogP contribution in [0.5, 0.6) is 0 Å². The molecule has 0 fully saturated rings. The molecule has 0 bridgehead atoms. The lowest BCUT2D eigenvalue weighted by Gasteiger charge is -2.22. The van der Waals surface area contributed by atoms with Gasteiger partial charge in [0, 0.05) is 6.54 Å². The fraction of sp³-hybridized carbons (Fsp3) is 0.500. The summed E-state index contributed by atoms with van der Waals surface area (Å²) < 4.78 is 27.0. The zero-order valence-corrected chi connectivity index (χ0v) is 13.2. The lowest BCUT2D eigenvalue weighted by Crippen LogP contribution is -2.40. The van der Waals surface area contributed by atoms with Gasteiger partial charge in [0.2, 0.25) is 10.0 Å². The van der Waals surface area contributed by atoms with Crippen molar-refractivity contribution in [2.75, 3.05) is 6.54 Å². The third-order valence-electron chi connectivity index (χ3n) is 3.39. The zero-order chi connectivity index (χ0) is 16.3. The van der Waals surface area contributed by atoms with Crippen molar-refractivity contribution >= 4 is 16.0 Å². The van der Waals surface area contributed by atoms with Gasteiger partial charge in [-0.05, 0) is 37.5 Å². The highest BCUT2D eigenvalue weighted by molar-refractivity contribution is 7.89. The van der Waals surface area contributed by atoms with Crippen LogP contribution in [0.15, 0.2) is 23.1 Å². The predicted molar refractivity (Wildman–Crippen MR) is 78.9 cm³/mol. The van der Waals surface area contributed by atoms with Crippen molar-refractivity contribution in [1.29, 1.82) is 0 Å². The fourth-order valence-electron chi connectivity index (χ4n) is 1.68. The Balaban J connectivity index is 3.17. The second kappa shape index (κ2) is 6.55. The van der Waals surface area contributed by atoms with Crippen LogP contribution in [-0.2, 0) is 16.4 Å². The van der Waals surface area contributed by atoms with E-state index in [9.17, 15) is 18.3 Å². The summed E-state index contributed by atoms with van der Waals surface area (Å²) in [7, 11) is -3.88. The minimum Gasteiger partial charge on any atom is -0.478 e. The molecule has 6 nitrogen and oxygen atoms in total. The number of rotatable bonds is 7. The van der Waals surface area contributed by atoms with Gasteiger partial charge >= 0.3 is 5.97 Å². The summed E-state index contributed by atoms with van der Waals surface area (Å²) in [4.78, 5) is 10.9. The quantitative estimate of drug-likeness (QED) is 0.705. The molecule has 0 aliphatic rings. The summed E-state index contributed by atoms with van der Waals surface area (Å²) in [5, 5.41) is 18.9. The first-order valence-electron chi connectivity index (χ1n) is 6.71. The molecular weight excluding hydrogens is 294 g/mol. The molecule has 0 saturated heterocycles. The van der Waals surface area contributed by atoms with Crippen LogP contribution in [0.4, 0.5) is 0 Å². The first kappa shape index (κ1) is 17.6. The molecule has 0 aromatic heterocycles. The molecule has 0 saturated carbocycles. The minimum absolute atomic E-state index is 0.0585. The van der Waals surface area contributed by atoms with E-state index in [1.165, 1.54) is 19.1 Å². The summed E-state index contributed by atoms with van der Waals surface area (Å²) in [6, 6.07) is 4.02. The van der Waals surface area contributed by atoms with Crippen molar-refractivity contribution in [1.82, 2.24) is 4.72 Å². The standard InChI is InChI=1S/C14H21NO5S/c1-4-10-6-7-11(13(16)17)8-12(10)21(19,20)15-9-14(3,18)5-2/h6-8,15,18H,4-5,9H2,1-3H3,(H,16,17). The summed E-state index contributed by atoms with van der Waals surface area (Å²) in [5.74, 6) is -1.19. The number of carboxylic acid groups (broad SMARTS) is 1. The second-order valence-electron chi connectivity index (χ2n) is 5.16. The Morgan fingerprint density at radius 1 is 1.33 bits per heavy atom. The van der Waals surface area contributed by atoms with Crippen LogP contribution in [0.3, 0.4) is 0 Å². The van der Waals surface area contributed by atoms with Crippen LogP contribution in [0, 0.1) is 0 Å². The lowest BCUT2D eigenvalue weighted by molar-refractivity contribution is 0.0613. The number of aryl methyl sites for hydroxylation is 1. The van der Waals surface area contributed by atoms with E-state index in [1.807, 2.05) is 0 Å². The van der Waals surface area contributed by atoms with Crippen LogP contribution in [-0.4, -0.2) is 36.7 Å². The summed E-state index contributed by atoms with van der Waals surface area (Å²) in [6.45, 7) is 4.93. The largest absolute Gasteiger partial charge is 0.478 e. The molecule has 21 heavy (non-hydrogen) atoms. The maximum Gasteiger partial charge on any atom is 0.335 e. The van der Waals surface area contributed by atoms with Crippen LogP contribution in [0.2, 0.25) is 0 Å². The molecular formula is C14H21NO5S. The van der Waals surface area contributed by atoms with Crippen LogP contribution in [0.1, 0.15) is 43.1 Å². The topological polar surface area (TPSA) is 104 Å². The fourth-order valence-corrected chi connectivity index (χ4v) is 3.18. The van der Waals surface area contributed by atoms with Gasteiger partial charge in [0.25, 0.3) is 0 Å². The van der Waals surface area contributed by atoms with Crippen LogP contribution >= 0.6 is 0 Å². The monoisotopic (exact) mass is 315 g/mol. The van der Waals surface area contributed by atoms with E-state index < -0.39 is 21.6 Å². The maximum atomic E-state index is 12.3. The Kier molecular flexibility index (Phi) is 5.49. The molecule has 1 rings (SSSR count). The summed E-state index contributed by atoms with van der Waals surface area (Å²) >= 11 is 0. The number of sulfonamides is 1. The third kappa shape index (κ3) is 4.52. The Hall–Kier alpha value is -1.44. The highest BCUT2D eigenvalue weighted by Crippen LogP contribution is 2.19. The average molecular weight is 315 g/mol. The highest BCUT2D eigenvalue weighted by atomic mass is 32.2. The van der Waals surface area contributed by atoms with E-state index in [4.69, 9.17) is 5.11 Å². The number of aromatic carboxylic acids is 1.